The lowest BCUT2D eigenvalue weighted by atomic mass is 10.2. The summed E-state index contributed by atoms with van der Waals surface area (Å²) in [6, 6.07) is 22.8. The smallest absolute Gasteiger partial charge is 0.400 e. The quantitative estimate of drug-likeness (QED) is 0.368. The molecule has 2 aromatic carbocycles. The maximum Gasteiger partial charge on any atom is 0.433 e. The van der Waals surface area contributed by atoms with Crippen LogP contribution in [0.25, 0.3) is 0 Å². The summed E-state index contributed by atoms with van der Waals surface area (Å²) in [5, 5.41) is 17.0. The Labute approximate surface area is 145 Å². The summed E-state index contributed by atoms with van der Waals surface area (Å²) in [7, 11) is 0. The molecule has 0 bridgehead atoms. The lowest BCUT2D eigenvalue weighted by Gasteiger charge is -2.19. The van der Waals surface area contributed by atoms with E-state index in [4.69, 9.17) is 4.42 Å². The SMILES string of the molecule is O=[N+]([O-])c1ccc(/C=N\N(Cc2ccccc2)Cc2ccccc2)o1. The van der Waals surface area contributed by atoms with Gasteiger partial charge in [-0.25, -0.2) is 0 Å². The van der Waals surface area contributed by atoms with Crippen LogP contribution in [0.1, 0.15) is 16.9 Å². The van der Waals surface area contributed by atoms with Crippen molar-refractivity contribution in [2.75, 3.05) is 0 Å². The number of hydrazone groups is 1. The van der Waals surface area contributed by atoms with E-state index in [-0.39, 0.29) is 5.88 Å². The molecular formula is C19H17N3O3. The maximum atomic E-state index is 10.7. The van der Waals surface area contributed by atoms with Crippen LogP contribution in [0, 0.1) is 10.1 Å². The summed E-state index contributed by atoms with van der Waals surface area (Å²) >= 11 is 0. The van der Waals surface area contributed by atoms with Crippen LogP contribution in [0.3, 0.4) is 0 Å². The van der Waals surface area contributed by atoms with E-state index >= 15 is 0 Å². The molecule has 0 aliphatic rings. The predicted molar refractivity (Wildman–Crippen MR) is 95.1 cm³/mol. The van der Waals surface area contributed by atoms with Crippen molar-refractivity contribution < 1.29 is 9.34 Å². The van der Waals surface area contributed by atoms with Gasteiger partial charge in [0.25, 0.3) is 0 Å². The fourth-order valence-electron chi connectivity index (χ4n) is 2.37. The van der Waals surface area contributed by atoms with E-state index in [0.29, 0.717) is 18.8 Å². The van der Waals surface area contributed by atoms with Crippen molar-refractivity contribution in [2.45, 2.75) is 13.1 Å². The van der Waals surface area contributed by atoms with Crippen LogP contribution in [-0.4, -0.2) is 16.1 Å². The van der Waals surface area contributed by atoms with Crippen molar-refractivity contribution in [2.24, 2.45) is 5.10 Å². The molecule has 126 valence electrons. The van der Waals surface area contributed by atoms with Gasteiger partial charge in [0.2, 0.25) is 0 Å². The lowest BCUT2D eigenvalue weighted by Crippen LogP contribution is -2.16. The molecular weight excluding hydrogens is 318 g/mol. The van der Waals surface area contributed by atoms with Crippen LogP contribution in [0.2, 0.25) is 0 Å². The van der Waals surface area contributed by atoms with Crippen LogP contribution in [0.15, 0.2) is 82.3 Å². The summed E-state index contributed by atoms with van der Waals surface area (Å²) in [5.41, 5.74) is 2.25. The average molecular weight is 335 g/mol. The highest BCUT2D eigenvalue weighted by molar-refractivity contribution is 5.76. The van der Waals surface area contributed by atoms with Gasteiger partial charge in [-0.05, 0) is 17.2 Å². The Morgan fingerprint density at radius 3 is 1.96 bits per heavy atom. The first-order valence-corrected chi connectivity index (χ1v) is 7.82. The Bertz CT molecular complexity index is 803. The molecule has 0 radical (unpaired) electrons. The fraction of sp³-hybridized carbons (Fsp3) is 0.105. The standard InChI is InChI=1S/C19H17N3O3/c23-22(24)19-12-11-18(25-19)13-20-21(14-16-7-3-1-4-8-16)15-17-9-5-2-6-10-17/h1-13H,14-15H2/b20-13-. The molecule has 0 spiro atoms. The Kier molecular flexibility index (Phi) is 5.21. The third-order valence-corrected chi connectivity index (χ3v) is 3.56. The van der Waals surface area contributed by atoms with Crippen LogP contribution >= 0.6 is 0 Å². The van der Waals surface area contributed by atoms with Crippen LogP contribution < -0.4 is 0 Å². The third kappa shape index (κ3) is 4.78. The summed E-state index contributed by atoms with van der Waals surface area (Å²) in [4.78, 5) is 10.1. The normalized spacial score (nSPS) is 10.9. The maximum absolute atomic E-state index is 10.7. The van der Waals surface area contributed by atoms with E-state index in [9.17, 15) is 10.1 Å². The van der Waals surface area contributed by atoms with E-state index < -0.39 is 4.92 Å². The molecule has 0 amide bonds. The summed E-state index contributed by atoms with van der Waals surface area (Å²) < 4.78 is 5.12. The highest BCUT2D eigenvalue weighted by Gasteiger charge is 2.11. The minimum atomic E-state index is -0.566. The molecule has 0 unspecified atom stereocenters. The van der Waals surface area contributed by atoms with E-state index in [1.807, 2.05) is 65.7 Å². The number of rotatable bonds is 7. The van der Waals surface area contributed by atoms with Crippen molar-refractivity contribution in [3.63, 3.8) is 0 Å². The van der Waals surface area contributed by atoms with Gasteiger partial charge in [0.15, 0.2) is 5.76 Å². The topological polar surface area (TPSA) is 71.9 Å². The van der Waals surface area contributed by atoms with Gasteiger partial charge < -0.3 is 4.42 Å². The predicted octanol–water partition coefficient (Wildman–Crippen LogP) is 4.22. The van der Waals surface area contributed by atoms with Gasteiger partial charge in [0.1, 0.15) is 4.92 Å². The van der Waals surface area contributed by atoms with Gasteiger partial charge in [-0.1, -0.05) is 60.7 Å². The van der Waals surface area contributed by atoms with Crippen molar-refractivity contribution in [1.29, 1.82) is 0 Å². The first-order chi connectivity index (χ1) is 12.2. The third-order valence-electron chi connectivity index (χ3n) is 3.56. The average Bonchev–Trinajstić information content (AvgIpc) is 3.11. The monoisotopic (exact) mass is 335 g/mol. The van der Waals surface area contributed by atoms with Crippen LogP contribution in [-0.2, 0) is 13.1 Å². The molecule has 6 nitrogen and oxygen atoms in total. The molecule has 0 N–H and O–H groups in total. The molecule has 25 heavy (non-hydrogen) atoms. The van der Waals surface area contributed by atoms with E-state index in [1.165, 1.54) is 18.3 Å². The van der Waals surface area contributed by atoms with Crippen molar-refractivity contribution >= 4 is 12.1 Å². The number of nitro groups is 1. The fourth-order valence-corrected chi connectivity index (χ4v) is 2.37. The molecule has 0 aliphatic heterocycles. The molecule has 1 aromatic heterocycles. The second-order valence-electron chi connectivity index (χ2n) is 5.47. The van der Waals surface area contributed by atoms with Gasteiger partial charge in [-0.2, -0.15) is 5.10 Å². The van der Waals surface area contributed by atoms with E-state index in [0.717, 1.165) is 11.1 Å². The second kappa shape index (κ2) is 7.92. The molecule has 3 aromatic rings. The van der Waals surface area contributed by atoms with Gasteiger partial charge in [0.05, 0.1) is 25.4 Å². The largest absolute Gasteiger partial charge is 0.433 e. The lowest BCUT2D eigenvalue weighted by molar-refractivity contribution is -0.402. The highest BCUT2D eigenvalue weighted by Crippen LogP contribution is 2.15. The zero-order valence-corrected chi connectivity index (χ0v) is 13.5. The number of hydrogen-bond donors (Lipinski definition) is 0. The first-order valence-electron chi connectivity index (χ1n) is 7.82. The number of furan rings is 1. The molecule has 0 atom stereocenters. The Balaban J connectivity index is 1.77. The summed E-state index contributed by atoms with van der Waals surface area (Å²) in [5.74, 6) is 0.0527. The molecule has 0 aliphatic carbocycles. The van der Waals surface area contributed by atoms with Gasteiger partial charge in [-0.3, -0.25) is 15.1 Å². The van der Waals surface area contributed by atoms with Gasteiger partial charge >= 0.3 is 5.88 Å². The molecule has 1 heterocycles. The van der Waals surface area contributed by atoms with Crippen LogP contribution in [0.5, 0.6) is 0 Å². The summed E-state index contributed by atoms with van der Waals surface area (Å²) in [6.07, 6.45) is 1.50. The Morgan fingerprint density at radius 2 is 1.48 bits per heavy atom. The molecule has 0 saturated carbocycles. The number of hydrogen-bond acceptors (Lipinski definition) is 5. The molecule has 3 rings (SSSR count). The second-order valence-corrected chi connectivity index (χ2v) is 5.47. The molecule has 0 fully saturated rings. The van der Waals surface area contributed by atoms with Crippen LogP contribution in [0.4, 0.5) is 5.88 Å². The van der Waals surface area contributed by atoms with Gasteiger partial charge in [0, 0.05) is 0 Å². The van der Waals surface area contributed by atoms with Crippen molar-refractivity contribution in [1.82, 2.24) is 5.01 Å². The molecule has 0 saturated heterocycles. The molecule has 6 heteroatoms. The first kappa shape index (κ1) is 16.4. The number of benzene rings is 2. The zero-order valence-electron chi connectivity index (χ0n) is 13.5. The van der Waals surface area contributed by atoms with Crippen molar-refractivity contribution in [3.05, 3.63) is 99.8 Å². The Hall–Kier alpha value is -3.41. The highest BCUT2D eigenvalue weighted by atomic mass is 16.6. The van der Waals surface area contributed by atoms with Crippen molar-refractivity contribution in [3.8, 4) is 0 Å². The van der Waals surface area contributed by atoms with Gasteiger partial charge in [-0.15, -0.1) is 0 Å². The minimum absolute atomic E-state index is 0.292. The minimum Gasteiger partial charge on any atom is -0.400 e. The van der Waals surface area contributed by atoms with E-state index in [2.05, 4.69) is 5.10 Å². The number of nitrogens with zero attached hydrogens (tertiary/aromatic N) is 3. The Morgan fingerprint density at radius 1 is 0.920 bits per heavy atom. The summed E-state index contributed by atoms with van der Waals surface area (Å²) in [6.45, 7) is 1.24. The van der Waals surface area contributed by atoms with E-state index in [1.54, 1.807) is 0 Å². The zero-order chi connectivity index (χ0) is 17.5.